The normalized spacial score (nSPS) is 14.4. The Morgan fingerprint density at radius 3 is 2.76 bits per heavy atom. The lowest BCUT2D eigenvalue weighted by molar-refractivity contribution is -0.123. The molecule has 6 nitrogen and oxygen atoms in total. The highest BCUT2D eigenvalue weighted by molar-refractivity contribution is 5.76. The molecule has 0 aliphatic carbocycles. The lowest BCUT2D eigenvalue weighted by Crippen LogP contribution is -2.48. The van der Waals surface area contributed by atoms with Crippen LogP contribution in [0.1, 0.15) is 38.4 Å². The van der Waals surface area contributed by atoms with E-state index in [1.54, 1.807) is 6.92 Å². The third-order valence-electron chi connectivity index (χ3n) is 2.71. The number of carbonyl (C=O) groups is 1. The summed E-state index contributed by atoms with van der Waals surface area (Å²) in [5.74, 6) is 0.897. The second-order valence-corrected chi connectivity index (χ2v) is 4.36. The van der Waals surface area contributed by atoms with Crippen LogP contribution >= 0.6 is 0 Å². The van der Waals surface area contributed by atoms with E-state index in [0.29, 0.717) is 24.6 Å². The highest BCUT2D eigenvalue weighted by atomic mass is 16.5. The van der Waals surface area contributed by atoms with Crippen LogP contribution < -0.4 is 5.32 Å². The number of nitrogens with zero attached hydrogens (tertiary/aromatic N) is 2. The average Bonchev–Trinajstić information content (AvgIpc) is 2.72. The molecule has 0 aliphatic heterocycles. The fourth-order valence-electron chi connectivity index (χ4n) is 1.30. The summed E-state index contributed by atoms with van der Waals surface area (Å²) in [6, 6.07) is 0. The summed E-state index contributed by atoms with van der Waals surface area (Å²) in [5.41, 5.74) is -0.554. The molecular weight excluding hydrogens is 222 g/mol. The Morgan fingerprint density at radius 2 is 2.29 bits per heavy atom. The topological polar surface area (TPSA) is 88.2 Å². The summed E-state index contributed by atoms with van der Waals surface area (Å²) in [5, 5.41) is 15.6. The van der Waals surface area contributed by atoms with Gasteiger partial charge in [0.25, 0.3) is 0 Å². The lowest BCUT2D eigenvalue weighted by atomic mass is 10.00. The molecule has 1 aromatic rings. The predicted molar refractivity (Wildman–Crippen MR) is 61.3 cm³/mol. The molecule has 6 heteroatoms. The van der Waals surface area contributed by atoms with Crippen molar-refractivity contribution >= 4 is 5.91 Å². The van der Waals surface area contributed by atoms with Gasteiger partial charge in [0, 0.05) is 12.8 Å². The van der Waals surface area contributed by atoms with Gasteiger partial charge in [-0.05, 0) is 20.3 Å². The van der Waals surface area contributed by atoms with Gasteiger partial charge in [-0.25, -0.2) is 0 Å². The molecule has 1 aromatic heterocycles. The molecule has 1 rings (SSSR count). The predicted octanol–water partition coefficient (Wildman–Crippen LogP) is 0.588. The summed E-state index contributed by atoms with van der Waals surface area (Å²) < 4.78 is 4.91. The van der Waals surface area contributed by atoms with E-state index in [4.69, 9.17) is 9.63 Å². The van der Waals surface area contributed by atoms with Gasteiger partial charge in [0.2, 0.25) is 11.8 Å². The van der Waals surface area contributed by atoms with E-state index in [2.05, 4.69) is 15.5 Å². The zero-order chi connectivity index (χ0) is 12.9. The van der Waals surface area contributed by atoms with E-state index in [1.807, 2.05) is 13.8 Å². The van der Waals surface area contributed by atoms with Gasteiger partial charge < -0.3 is 14.9 Å². The van der Waals surface area contributed by atoms with Gasteiger partial charge in [0.05, 0.1) is 12.1 Å². The van der Waals surface area contributed by atoms with Crippen LogP contribution in [0.5, 0.6) is 0 Å². The zero-order valence-corrected chi connectivity index (χ0v) is 10.5. The quantitative estimate of drug-likeness (QED) is 0.761. The summed E-state index contributed by atoms with van der Waals surface area (Å²) in [6.45, 7) is 5.38. The molecule has 1 atom stereocenters. The highest BCUT2D eigenvalue weighted by Crippen LogP contribution is 2.08. The van der Waals surface area contributed by atoms with E-state index >= 15 is 0 Å². The lowest BCUT2D eigenvalue weighted by Gasteiger charge is -2.27. The molecule has 0 saturated carbocycles. The maximum atomic E-state index is 11.6. The minimum atomic E-state index is -0.554. The number of aliphatic hydroxyl groups is 1. The second-order valence-electron chi connectivity index (χ2n) is 4.36. The van der Waals surface area contributed by atoms with Crippen molar-refractivity contribution in [2.45, 2.75) is 45.6 Å². The van der Waals surface area contributed by atoms with Crippen molar-refractivity contribution in [2.24, 2.45) is 0 Å². The van der Waals surface area contributed by atoms with Crippen molar-refractivity contribution in [3.05, 3.63) is 11.7 Å². The maximum Gasteiger partial charge on any atom is 0.227 e. The van der Waals surface area contributed by atoms with Crippen LogP contribution in [0.25, 0.3) is 0 Å². The van der Waals surface area contributed by atoms with E-state index in [1.165, 1.54) is 0 Å². The molecule has 2 N–H and O–H groups in total. The van der Waals surface area contributed by atoms with Crippen LogP contribution in [0.3, 0.4) is 0 Å². The highest BCUT2D eigenvalue weighted by Gasteiger charge is 2.23. The SMILES string of the molecule is CCC(C)(CO)NC(=O)CCc1nc(C)no1. The van der Waals surface area contributed by atoms with Crippen molar-refractivity contribution in [1.29, 1.82) is 0 Å². The molecule has 0 fully saturated rings. The number of aryl methyl sites for hydroxylation is 2. The Hall–Kier alpha value is -1.43. The molecule has 1 amide bonds. The number of aromatic nitrogens is 2. The number of nitrogens with one attached hydrogen (secondary N) is 1. The van der Waals surface area contributed by atoms with Gasteiger partial charge in [-0.3, -0.25) is 4.79 Å². The fraction of sp³-hybridized carbons (Fsp3) is 0.727. The summed E-state index contributed by atoms with van der Waals surface area (Å²) in [6.07, 6.45) is 1.37. The molecule has 17 heavy (non-hydrogen) atoms. The fourth-order valence-corrected chi connectivity index (χ4v) is 1.30. The Bertz CT molecular complexity index is 372. The van der Waals surface area contributed by atoms with Crippen LogP contribution in [-0.4, -0.2) is 33.3 Å². The van der Waals surface area contributed by atoms with Crippen LogP contribution in [0.4, 0.5) is 0 Å². The second kappa shape index (κ2) is 5.77. The monoisotopic (exact) mass is 241 g/mol. The van der Waals surface area contributed by atoms with Crippen molar-refractivity contribution < 1.29 is 14.4 Å². The van der Waals surface area contributed by atoms with Crippen LogP contribution in [0.15, 0.2) is 4.52 Å². The molecule has 0 aliphatic rings. The minimum absolute atomic E-state index is 0.0745. The first-order valence-corrected chi connectivity index (χ1v) is 5.70. The van der Waals surface area contributed by atoms with Crippen LogP contribution in [0, 0.1) is 6.92 Å². The largest absolute Gasteiger partial charge is 0.394 e. The van der Waals surface area contributed by atoms with Crippen molar-refractivity contribution in [2.75, 3.05) is 6.61 Å². The Balaban J connectivity index is 2.40. The van der Waals surface area contributed by atoms with Crippen LogP contribution in [-0.2, 0) is 11.2 Å². The summed E-state index contributed by atoms with van der Waals surface area (Å²) >= 11 is 0. The van der Waals surface area contributed by atoms with Crippen molar-refractivity contribution in [3.63, 3.8) is 0 Å². The minimum Gasteiger partial charge on any atom is -0.394 e. The number of amides is 1. The molecule has 0 bridgehead atoms. The molecule has 96 valence electrons. The molecule has 0 saturated heterocycles. The first-order valence-electron chi connectivity index (χ1n) is 5.70. The number of rotatable bonds is 6. The number of carbonyl (C=O) groups excluding carboxylic acids is 1. The molecular formula is C11H19N3O3. The van der Waals surface area contributed by atoms with E-state index in [9.17, 15) is 4.79 Å². The third-order valence-corrected chi connectivity index (χ3v) is 2.71. The maximum absolute atomic E-state index is 11.6. The molecule has 0 spiro atoms. The first kappa shape index (κ1) is 13.6. The van der Waals surface area contributed by atoms with Gasteiger partial charge in [-0.15, -0.1) is 0 Å². The van der Waals surface area contributed by atoms with Crippen LogP contribution in [0.2, 0.25) is 0 Å². The molecule has 1 unspecified atom stereocenters. The number of hydrogen-bond acceptors (Lipinski definition) is 5. The molecule has 0 aromatic carbocycles. The third kappa shape index (κ3) is 4.14. The zero-order valence-electron chi connectivity index (χ0n) is 10.5. The van der Waals surface area contributed by atoms with E-state index < -0.39 is 5.54 Å². The summed E-state index contributed by atoms with van der Waals surface area (Å²) in [7, 11) is 0. The average molecular weight is 241 g/mol. The number of aliphatic hydroxyl groups excluding tert-OH is 1. The Morgan fingerprint density at radius 1 is 1.59 bits per heavy atom. The van der Waals surface area contributed by atoms with E-state index in [0.717, 1.165) is 0 Å². The smallest absolute Gasteiger partial charge is 0.227 e. The van der Waals surface area contributed by atoms with Crippen molar-refractivity contribution in [1.82, 2.24) is 15.5 Å². The Labute approximate surface area is 100 Å². The van der Waals surface area contributed by atoms with Gasteiger partial charge in [0.1, 0.15) is 0 Å². The number of hydrogen-bond donors (Lipinski definition) is 2. The van der Waals surface area contributed by atoms with Gasteiger partial charge in [-0.1, -0.05) is 12.1 Å². The standard InChI is InChI=1S/C11H19N3O3/c1-4-11(3,7-15)13-9(16)5-6-10-12-8(2)14-17-10/h15H,4-7H2,1-3H3,(H,13,16). The Kier molecular flexibility index (Phi) is 4.62. The van der Waals surface area contributed by atoms with E-state index in [-0.39, 0.29) is 18.9 Å². The molecule has 0 radical (unpaired) electrons. The summed E-state index contributed by atoms with van der Waals surface area (Å²) in [4.78, 5) is 15.7. The first-order chi connectivity index (χ1) is 7.99. The van der Waals surface area contributed by atoms with Gasteiger partial charge in [-0.2, -0.15) is 4.98 Å². The van der Waals surface area contributed by atoms with Crippen molar-refractivity contribution in [3.8, 4) is 0 Å². The van der Waals surface area contributed by atoms with Gasteiger partial charge in [0.15, 0.2) is 5.82 Å². The van der Waals surface area contributed by atoms with Gasteiger partial charge >= 0.3 is 0 Å². The molecule has 1 heterocycles.